The highest BCUT2D eigenvalue weighted by molar-refractivity contribution is 6.05. The molecule has 0 aliphatic carbocycles. The summed E-state index contributed by atoms with van der Waals surface area (Å²) in [6.45, 7) is 4.01. The van der Waals surface area contributed by atoms with Crippen molar-refractivity contribution < 1.29 is 9.21 Å². The number of nitrogens with zero attached hydrogens (tertiary/aromatic N) is 2. The molecule has 0 fully saturated rings. The molecule has 2 N–H and O–H groups in total. The first kappa shape index (κ1) is 12.9. The normalized spacial score (nSPS) is 17.9. The molecule has 0 saturated carbocycles. The van der Waals surface area contributed by atoms with Crippen molar-refractivity contribution in [3.63, 3.8) is 0 Å². The van der Waals surface area contributed by atoms with Crippen LogP contribution in [0.5, 0.6) is 0 Å². The number of carbonyl (C=O) groups is 1. The largest absolute Gasteiger partial charge is 0.436 e. The number of carbonyl (C=O) groups excluding carboxylic acids is 1. The zero-order valence-corrected chi connectivity index (χ0v) is 11.6. The number of rotatable bonds is 1. The molecule has 0 saturated heterocycles. The number of aryl methyl sites for hydroxylation is 2. The maximum absolute atomic E-state index is 12.7. The summed E-state index contributed by atoms with van der Waals surface area (Å²) in [6, 6.07) is 7.78. The fourth-order valence-electron chi connectivity index (χ4n) is 2.67. The van der Waals surface area contributed by atoms with Crippen molar-refractivity contribution in [2.24, 2.45) is 5.73 Å². The van der Waals surface area contributed by atoms with E-state index in [0.29, 0.717) is 23.9 Å². The first-order valence-corrected chi connectivity index (χ1v) is 6.65. The van der Waals surface area contributed by atoms with Crippen LogP contribution in [0.3, 0.4) is 0 Å². The van der Waals surface area contributed by atoms with Crippen molar-refractivity contribution >= 4 is 11.6 Å². The first-order chi connectivity index (χ1) is 9.56. The van der Waals surface area contributed by atoms with Gasteiger partial charge in [0.05, 0.1) is 5.69 Å². The van der Waals surface area contributed by atoms with E-state index in [4.69, 9.17) is 10.2 Å². The lowest BCUT2D eigenvalue weighted by atomic mass is 9.98. The van der Waals surface area contributed by atoms with E-state index >= 15 is 0 Å². The average molecular weight is 271 g/mol. The van der Waals surface area contributed by atoms with Gasteiger partial charge in [0.1, 0.15) is 0 Å². The van der Waals surface area contributed by atoms with E-state index in [2.05, 4.69) is 4.98 Å². The summed E-state index contributed by atoms with van der Waals surface area (Å²) in [7, 11) is 0. The van der Waals surface area contributed by atoms with Crippen molar-refractivity contribution in [2.45, 2.75) is 26.3 Å². The number of amides is 1. The molecule has 1 aliphatic rings. The molecule has 0 bridgehead atoms. The van der Waals surface area contributed by atoms with Crippen LogP contribution >= 0.6 is 0 Å². The highest BCUT2D eigenvalue weighted by atomic mass is 16.4. The van der Waals surface area contributed by atoms with Gasteiger partial charge in [-0.25, -0.2) is 4.98 Å². The minimum Gasteiger partial charge on any atom is -0.436 e. The van der Waals surface area contributed by atoms with Gasteiger partial charge in [0.25, 0.3) is 5.91 Å². The third-order valence-electron chi connectivity index (χ3n) is 3.52. The molecular weight excluding hydrogens is 254 g/mol. The quantitative estimate of drug-likeness (QED) is 0.858. The van der Waals surface area contributed by atoms with Gasteiger partial charge in [-0.05, 0) is 25.0 Å². The molecule has 1 unspecified atom stereocenters. The van der Waals surface area contributed by atoms with Gasteiger partial charge in [-0.15, -0.1) is 0 Å². The molecule has 3 rings (SSSR count). The van der Waals surface area contributed by atoms with Gasteiger partial charge >= 0.3 is 0 Å². The van der Waals surface area contributed by atoms with E-state index < -0.39 is 0 Å². The predicted octanol–water partition coefficient (Wildman–Crippen LogP) is 1.82. The van der Waals surface area contributed by atoms with Crippen molar-refractivity contribution in [2.75, 3.05) is 11.4 Å². The Hall–Kier alpha value is -2.14. The topological polar surface area (TPSA) is 72.4 Å². The zero-order valence-electron chi connectivity index (χ0n) is 11.6. The zero-order chi connectivity index (χ0) is 14.3. The number of anilines is 1. The van der Waals surface area contributed by atoms with E-state index in [1.807, 2.05) is 24.3 Å². The second kappa shape index (κ2) is 4.76. The maximum atomic E-state index is 12.7. The summed E-state index contributed by atoms with van der Waals surface area (Å²) in [5.74, 6) is 0.623. The second-order valence-corrected chi connectivity index (χ2v) is 5.16. The van der Waals surface area contributed by atoms with Gasteiger partial charge in [0.15, 0.2) is 5.89 Å². The van der Waals surface area contributed by atoms with Crippen LogP contribution in [0, 0.1) is 13.8 Å². The van der Waals surface area contributed by atoms with Crippen LogP contribution in [0.4, 0.5) is 5.69 Å². The lowest BCUT2D eigenvalue weighted by Crippen LogP contribution is -2.46. The molecule has 1 amide bonds. The molecule has 5 heteroatoms. The lowest BCUT2D eigenvalue weighted by Gasteiger charge is -2.32. The maximum Gasteiger partial charge on any atom is 0.296 e. The summed E-state index contributed by atoms with van der Waals surface area (Å²) in [5, 5.41) is 0. The number of oxazole rings is 1. The highest BCUT2D eigenvalue weighted by Gasteiger charge is 2.30. The number of benzene rings is 1. The highest BCUT2D eigenvalue weighted by Crippen LogP contribution is 2.28. The molecule has 1 atom stereocenters. The summed E-state index contributed by atoms with van der Waals surface area (Å²) in [5.41, 5.74) is 8.67. The molecule has 104 valence electrons. The molecule has 2 aromatic rings. The van der Waals surface area contributed by atoms with Gasteiger partial charge in [0, 0.05) is 25.2 Å². The Balaban J connectivity index is 2.02. The Morgan fingerprint density at radius 1 is 1.40 bits per heavy atom. The minimum atomic E-state index is -0.175. The van der Waals surface area contributed by atoms with Crippen LogP contribution in [0.25, 0.3) is 0 Å². The Labute approximate surface area is 117 Å². The van der Waals surface area contributed by atoms with Crippen LogP contribution in [0.2, 0.25) is 0 Å². The van der Waals surface area contributed by atoms with Crippen molar-refractivity contribution in [3.05, 3.63) is 47.2 Å². The number of hydrogen-bond acceptors (Lipinski definition) is 4. The van der Waals surface area contributed by atoms with Crippen LogP contribution < -0.4 is 10.6 Å². The molecule has 1 aliphatic heterocycles. The molecule has 5 nitrogen and oxygen atoms in total. The van der Waals surface area contributed by atoms with Gasteiger partial charge < -0.3 is 15.1 Å². The monoisotopic (exact) mass is 271 g/mol. The Morgan fingerprint density at radius 3 is 2.85 bits per heavy atom. The fraction of sp³-hybridized carbons (Fsp3) is 0.333. The summed E-state index contributed by atoms with van der Waals surface area (Å²) in [4.78, 5) is 18.5. The van der Waals surface area contributed by atoms with Crippen molar-refractivity contribution in [1.29, 1.82) is 0 Å². The summed E-state index contributed by atoms with van der Waals surface area (Å²) in [6.07, 6.45) is 0.786. The lowest BCUT2D eigenvalue weighted by molar-refractivity contribution is 0.0954. The van der Waals surface area contributed by atoms with Crippen LogP contribution in [-0.2, 0) is 6.42 Å². The second-order valence-electron chi connectivity index (χ2n) is 5.16. The number of aromatic nitrogens is 1. The third-order valence-corrected chi connectivity index (χ3v) is 3.52. The number of nitrogens with two attached hydrogens (primary N) is 1. The van der Waals surface area contributed by atoms with Crippen LogP contribution in [0.15, 0.2) is 28.7 Å². The van der Waals surface area contributed by atoms with Crippen LogP contribution in [-0.4, -0.2) is 23.5 Å². The fourth-order valence-corrected chi connectivity index (χ4v) is 2.67. The molecule has 0 radical (unpaired) electrons. The van der Waals surface area contributed by atoms with E-state index in [9.17, 15) is 4.79 Å². The Bertz CT molecular complexity index is 663. The average Bonchev–Trinajstić information content (AvgIpc) is 2.76. The SMILES string of the molecule is Cc1nc(C)c(C(=O)N2CC(N)Cc3ccccc32)o1. The Morgan fingerprint density at radius 2 is 2.15 bits per heavy atom. The number of fused-ring (bicyclic) bond motifs is 1. The molecular formula is C15H17N3O2. The summed E-state index contributed by atoms with van der Waals surface area (Å²) >= 11 is 0. The molecule has 0 spiro atoms. The predicted molar refractivity (Wildman–Crippen MR) is 75.8 cm³/mol. The molecule has 20 heavy (non-hydrogen) atoms. The smallest absolute Gasteiger partial charge is 0.296 e. The Kier molecular flexibility index (Phi) is 3.06. The van der Waals surface area contributed by atoms with Gasteiger partial charge in [-0.3, -0.25) is 4.79 Å². The first-order valence-electron chi connectivity index (χ1n) is 6.65. The van der Waals surface area contributed by atoms with Gasteiger partial charge in [-0.2, -0.15) is 0 Å². The standard InChI is InChI=1S/C15H17N3O2/c1-9-14(20-10(2)17-9)15(19)18-8-12(16)7-11-5-3-4-6-13(11)18/h3-6,12H,7-8,16H2,1-2H3. The van der Waals surface area contributed by atoms with E-state index in [1.54, 1.807) is 18.7 Å². The van der Waals surface area contributed by atoms with Gasteiger partial charge in [0.2, 0.25) is 5.76 Å². The van der Waals surface area contributed by atoms with E-state index in [0.717, 1.165) is 17.7 Å². The van der Waals surface area contributed by atoms with Crippen molar-refractivity contribution in [1.82, 2.24) is 4.98 Å². The molecule has 2 heterocycles. The number of para-hydroxylation sites is 1. The third kappa shape index (κ3) is 2.10. The minimum absolute atomic E-state index is 0.0572. The van der Waals surface area contributed by atoms with E-state index in [-0.39, 0.29) is 11.9 Å². The summed E-state index contributed by atoms with van der Waals surface area (Å²) < 4.78 is 5.44. The molecule has 1 aromatic heterocycles. The van der Waals surface area contributed by atoms with E-state index in [1.165, 1.54) is 0 Å². The number of hydrogen-bond donors (Lipinski definition) is 1. The van der Waals surface area contributed by atoms with Crippen molar-refractivity contribution in [3.8, 4) is 0 Å². The molecule has 1 aromatic carbocycles. The van der Waals surface area contributed by atoms with Crippen LogP contribution in [0.1, 0.15) is 27.7 Å². The van der Waals surface area contributed by atoms with Gasteiger partial charge in [-0.1, -0.05) is 18.2 Å².